The Kier molecular flexibility index (Phi) is 4.55. The molecule has 6 heteroatoms. The average Bonchev–Trinajstić information content (AvgIpc) is 2.55. The van der Waals surface area contributed by atoms with Crippen molar-refractivity contribution in [3.05, 3.63) is 53.2 Å². The first-order chi connectivity index (χ1) is 10.7. The van der Waals surface area contributed by atoms with Crippen LogP contribution in [0.5, 0.6) is 0 Å². The quantitative estimate of drug-likeness (QED) is 0.937. The molecular weight excluding hydrogens is 305 g/mol. The van der Waals surface area contributed by atoms with Gasteiger partial charge < -0.3 is 10.1 Å². The summed E-state index contributed by atoms with van der Waals surface area (Å²) < 4.78 is 18.7. The van der Waals surface area contributed by atoms with E-state index in [2.05, 4.69) is 15.3 Å². The van der Waals surface area contributed by atoms with Crippen LogP contribution in [0, 0.1) is 5.82 Å². The van der Waals surface area contributed by atoms with Gasteiger partial charge >= 0.3 is 0 Å². The van der Waals surface area contributed by atoms with Crippen molar-refractivity contribution in [1.29, 1.82) is 0 Å². The van der Waals surface area contributed by atoms with Gasteiger partial charge in [-0.1, -0.05) is 23.7 Å². The van der Waals surface area contributed by atoms with Crippen LogP contribution < -0.4 is 5.32 Å². The van der Waals surface area contributed by atoms with Crippen molar-refractivity contribution >= 4 is 17.4 Å². The number of hydrogen-bond acceptors (Lipinski definition) is 4. The third kappa shape index (κ3) is 3.36. The zero-order valence-electron chi connectivity index (χ0n) is 12.1. The topological polar surface area (TPSA) is 47.0 Å². The highest BCUT2D eigenvalue weighted by Crippen LogP contribution is 2.35. The molecule has 22 heavy (non-hydrogen) atoms. The molecule has 2 aromatic rings. The monoisotopic (exact) mass is 321 g/mol. The molecule has 0 saturated carbocycles. The summed E-state index contributed by atoms with van der Waals surface area (Å²) in [4.78, 5) is 8.22. The average molecular weight is 322 g/mol. The molecule has 1 aliphatic rings. The molecule has 1 N–H and O–H groups in total. The molecule has 2 heterocycles. The Morgan fingerprint density at radius 2 is 1.91 bits per heavy atom. The Morgan fingerprint density at radius 1 is 1.18 bits per heavy atom. The molecule has 1 fully saturated rings. The van der Waals surface area contributed by atoms with Crippen LogP contribution in [0.2, 0.25) is 5.15 Å². The number of anilines is 1. The third-order valence-corrected chi connectivity index (χ3v) is 4.30. The molecule has 1 aromatic carbocycles. The number of rotatable bonds is 4. The van der Waals surface area contributed by atoms with Crippen molar-refractivity contribution in [2.45, 2.75) is 18.3 Å². The van der Waals surface area contributed by atoms with Crippen molar-refractivity contribution < 1.29 is 9.13 Å². The highest BCUT2D eigenvalue weighted by atomic mass is 35.5. The van der Waals surface area contributed by atoms with Crippen LogP contribution in [0.3, 0.4) is 0 Å². The molecule has 0 atom stereocenters. The molecule has 1 aliphatic heterocycles. The van der Waals surface area contributed by atoms with Gasteiger partial charge in [0.25, 0.3) is 0 Å². The maximum atomic E-state index is 13.2. The van der Waals surface area contributed by atoms with E-state index in [9.17, 15) is 4.39 Å². The molecule has 3 rings (SSSR count). The van der Waals surface area contributed by atoms with Crippen molar-refractivity contribution in [2.75, 3.05) is 25.1 Å². The highest BCUT2D eigenvalue weighted by Gasteiger charge is 2.34. The van der Waals surface area contributed by atoms with E-state index in [1.54, 1.807) is 6.20 Å². The van der Waals surface area contributed by atoms with E-state index in [0.717, 1.165) is 18.4 Å². The molecule has 116 valence electrons. The van der Waals surface area contributed by atoms with E-state index in [1.807, 2.05) is 12.1 Å². The second-order valence-electron chi connectivity index (χ2n) is 5.48. The summed E-state index contributed by atoms with van der Waals surface area (Å²) in [5, 5.41) is 3.66. The first kappa shape index (κ1) is 15.2. The van der Waals surface area contributed by atoms with Crippen molar-refractivity contribution in [3.63, 3.8) is 0 Å². The van der Waals surface area contributed by atoms with Gasteiger partial charge in [-0.2, -0.15) is 0 Å². The van der Waals surface area contributed by atoms with Crippen LogP contribution in [0.25, 0.3) is 0 Å². The number of hydrogen-bond donors (Lipinski definition) is 1. The van der Waals surface area contributed by atoms with Crippen LogP contribution >= 0.6 is 11.6 Å². The Balaban J connectivity index is 1.81. The SMILES string of the molecule is Fc1ccc(C2(CNc3cncc(Cl)n3)CCOCC2)cc1. The van der Waals surface area contributed by atoms with Gasteiger partial charge in [-0.05, 0) is 30.5 Å². The highest BCUT2D eigenvalue weighted by molar-refractivity contribution is 6.29. The molecule has 1 saturated heterocycles. The first-order valence-electron chi connectivity index (χ1n) is 7.23. The summed E-state index contributed by atoms with van der Waals surface area (Å²) in [6.07, 6.45) is 4.89. The fourth-order valence-electron chi connectivity index (χ4n) is 2.82. The summed E-state index contributed by atoms with van der Waals surface area (Å²) in [5.41, 5.74) is 1.01. The third-order valence-electron chi connectivity index (χ3n) is 4.12. The summed E-state index contributed by atoms with van der Waals surface area (Å²) in [5.74, 6) is 0.417. The van der Waals surface area contributed by atoms with Gasteiger partial charge in [-0.3, -0.25) is 4.98 Å². The van der Waals surface area contributed by atoms with Crippen LogP contribution in [0.4, 0.5) is 10.2 Å². The zero-order valence-corrected chi connectivity index (χ0v) is 12.8. The maximum Gasteiger partial charge on any atom is 0.149 e. The Morgan fingerprint density at radius 3 is 2.59 bits per heavy atom. The summed E-state index contributed by atoms with van der Waals surface area (Å²) in [6.45, 7) is 2.07. The van der Waals surface area contributed by atoms with E-state index in [1.165, 1.54) is 18.3 Å². The first-order valence-corrected chi connectivity index (χ1v) is 7.61. The summed E-state index contributed by atoms with van der Waals surface area (Å²) in [6, 6.07) is 6.72. The number of nitrogens with zero attached hydrogens (tertiary/aromatic N) is 2. The van der Waals surface area contributed by atoms with Gasteiger partial charge in [-0.15, -0.1) is 0 Å². The Bertz CT molecular complexity index is 630. The molecule has 0 bridgehead atoms. The lowest BCUT2D eigenvalue weighted by Crippen LogP contribution is -2.40. The normalized spacial score (nSPS) is 17.2. The van der Waals surface area contributed by atoms with Crippen LogP contribution in [-0.4, -0.2) is 29.7 Å². The van der Waals surface area contributed by atoms with Crippen LogP contribution in [-0.2, 0) is 10.2 Å². The largest absolute Gasteiger partial charge is 0.381 e. The van der Waals surface area contributed by atoms with Crippen molar-refractivity contribution in [3.8, 4) is 0 Å². The lowest BCUT2D eigenvalue weighted by molar-refractivity contribution is 0.0543. The Labute approximate surface area is 133 Å². The fraction of sp³-hybridized carbons (Fsp3) is 0.375. The van der Waals surface area contributed by atoms with Gasteiger partial charge in [0.1, 0.15) is 16.8 Å². The van der Waals surface area contributed by atoms with Crippen molar-refractivity contribution in [1.82, 2.24) is 9.97 Å². The van der Waals surface area contributed by atoms with Crippen LogP contribution in [0.1, 0.15) is 18.4 Å². The molecule has 0 radical (unpaired) electrons. The van der Waals surface area contributed by atoms with Gasteiger partial charge in [-0.25, -0.2) is 9.37 Å². The summed E-state index contributed by atoms with van der Waals surface area (Å²) in [7, 11) is 0. The fourth-order valence-corrected chi connectivity index (χ4v) is 2.97. The second kappa shape index (κ2) is 6.58. The minimum Gasteiger partial charge on any atom is -0.381 e. The molecule has 0 amide bonds. The molecule has 0 spiro atoms. The lowest BCUT2D eigenvalue weighted by atomic mass is 9.74. The molecule has 4 nitrogen and oxygen atoms in total. The molecule has 0 unspecified atom stereocenters. The minimum atomic E-state index is -0.223. The molecule has 0 aliphatic carbocycles. The van der Waals surface area contributed by atoms with E-state index in [0.29, 0.717) is 30.7 Å². The number of benzene rings is 1. The van der Waals surface area contributed by atoms with Gasteiger partial charge in [0.15, 0.2) is 0 Å². The van der Waals surface area contributed by atoms with E-state index in [-0.39, 0.29) is 11.2 Å². The predicted octanol–water partition coefficient (Wildman–Crippen LogP) is 3.43. The molecule has 1 aromatic heterocycles. The van der Waals surface area contributed by atoms with Crippen molar-refractivity contribution in [2.24, 2.45) is 0 Å². The van der Waals surface area contributed by atoms with Gasteiger partial charge in [0.2, 0.25) is 0 Å². The van der Waals surface area contributed by atoms with E-state index < -0.39 is 0 Å². The van der Waals surface area contributed by atoms with E-state index in [4.69, 9.17) is 16.3 Å². The standard InChI is InChI=1S/C16H17ClFN3O/c17-14-9-19-10-15(21-14)20-11-16(5-7-22-8-6-16)12-1-3-13(18)4-2-12/h1-4,9-10H,5-8,11H2,(H,20,21). The van der Waals surface area contributed by atoms with Gasteiger partial charge in [0, 0.05) is 25.2 Å². The van der Waals surface area contributed by atoms with Gasteiger partial charge in [0.05, 0.1) is 12.4 Å². The number of halogens is 2. The maximum absolute atomic E-state index is 13.2. The number of aromatic nitrogens is 2. The Hall–Kier alpha value is -1.72. The smallest absolute Gasteiger partial charge is 0.149 e. The second-order valence-corrected chi connectivity index (χ2v) is 5.87. The predicted molar refractivity (Wildman–Crippen MR) is 83.7 cm³/mol. The van der Waals surface area contributed by atoms with Crippen LogP contribution in [0.15, 0.2) is 36.7 Å². The minimum absolute atomic E-state index is 0.101. The molecular formula is C16H17ClFN3O. The number of nitrogens with one attached hydrogen (secondary N) is 1. The lowest BCUT2D eigenvalue weighted by Gasteiger charge is -2.38. The zero-order chi connectivity index (χ0) is 15.4. The summed E-state index contributed by atoms with van der Waals surface area (Å²) >= 11 is 5.86. The van der Waals surface area contributed by atoms with E-state index >= 15 is 0 Å². The number of ether oxygens (including phenoxy) is 1.